The van der Waals surface area contributed by atoms with E-state index < -0.39 is 0 Å². The number of benzene rings is 1. The van der Waals surface area contributed by atoms with Gasteiger partial charge < -0.3 is 9.84 Å². The minimum atomic E-state index is -0.372. The molecule has 2 rings (SSSR count). The Kier molecular flexibility index (Phi) is 4.00. The molecular formula is C14H15FO2. The molecule has 0 bridgehead atoms. The van der Waals surface area contributed by atoms with Gasteiger partial charge in [-0.1, -0.05) is 11.8 Å². The van der Waals surface area contributed by atoms with Crippen LogP contribution in [-0.2, 0) is 0 Å². The highest BCUT2D eigenvalue weighted by atomic mass is 19.1. The summed E-state index contributed by atoms with van der Waals surface area (Å²) in [5.41, 5.74) is 0.345. The summed E-state index contributed by atoms with van der Waals surface area (Å²) in [6.07, 6.45) is 2.79. The van der Waals surface area contributed by atoms with Crippen molar-refractivity contribution in [1.82, 2.24) is 0 Å². The number of ether oxygens (including phenoxy) is 1. The van der Waals surface area contributed by atoms with Gasteiger partial charge in [0, 0.05) is 12.5 Å². The molecule has 0 unspecified atom stereocenters. The number of aliphatic hydroxyl groups is 1. The van der Waals surface area contributed by atoms with Gasteiger partial charge in [-0.3, -0.25) is 0 Å². The first-order valence-electron chi connectivity index (χ1n) is 5.81. The summed E-state index contributed by atoms with van der Waals surface area (Å²) >= 11 is 0. The van der Waals surface area contributed by atoms with Gasteiger partial charge in [0.2, 0.25) is 0 Å². The average Bonchev–Trinajstić information content (AvgIpc) is 3.13. The van der Waals surface area contributed by atoms with Crippen molar-refractivity contribution < 1.29 is 14.2 Å². The van der Waals surface area contributed by atoms with Crippen LogP contribution in [0.4, 0.5) is 4.39 Å². The molecule has 1 fully saturated rings. The molecular weight excluding hydrogens is 219 g/mol. The molecule has 1 aliphatic carbocycles. The third-order valence-corrected chi connectivity index (χ3v) is 2.58. The van der Waals surface area contributed by atoms with E-state index in [0.29, 0.717) is 30.3 Å². The maximum Gasteiger partial charge on any atom is 0.142 e. The second-order valence-corrected chi connectivity index (χ2v) is 4.17. The summed E-state index contributed by atoms with van der Waals surface area (Å²) in [5, 5.41) is 8.57. The van der Waals surface area contributed by atoms with Crippen molar-refractivity contribution in [3.8, 4) is 17.6 Å². The van der Waals surface area contributed by atoms with E-state index in [-0.39, 0.29) is 12.4 Å². The van der Waals surface area contributed by atoms with E-state index in [2.05, 4.69) is 11.8 Å². The quantitative estimate of drug-likeness (QED) is 0.810. The lowest BCUT2D eigenvalue weighted by atomic mass is 10.2. The molecule has 1 saturated carbocycles. The number of aliphatic hydroxyl groups excluding tert-OH is 1. The Hall–Kier alpha value is -1.53. The van der Waals surface area contributed by atoms with Crippen LogP contribution >= 0.6 is 0 Å². The zero-order valence-corrected chi connectivity index (χ0v) is 9.58. The Morgan fingerprint density at radius 2 is 2.24 bits per heavy atom. The van der Waals surface area contributed by atoms with Crippen LogP contribution in [0.25, 0.3) is 0 Å². The smallest absolute Gasteiger partial charge is 0.142 e. The molecule has 17 heavy (non-hydrogen) atoms. The molecule has 90 valence electrons. The molecule has 1 aliphatic rings. The number of hydrogen-bond acceptors (Lipinski definition) is 2. The van der Waals surface area contributed by atoms with Crippen molar-refractivity contribution in [3.05, 3.63) is 29.6 Å². The van der Waals surface area contributed by atoms with Crippen LogP contribution in [0.2, 0.25) is 0 Å². The zero-order valence-electron chi connectivity index (χ0n) is 9.58. The van der Waals surface area contributed by atoms with E-state index in [9.17, 15) is 4.39 Å². The molecule has 0 aliphatic heterocycles. The molecule has 1 aromatic carbocycles. The third kappa shape index (κ3) is 3.76. The van der Waals surface area contributed by atoms with E-state index in [1.165, 1.54) is 18.9 Å². The van der Waals surface area contributed by atoms with E-state index in [1.54, 1.807) is 12.1 Å². The van der Waals surface area contributed by atoms with Crippen molar-refractivity contribution in [1.29, 1.82) is 0 Å². The van der Waals surface area contributed by atoms with Gasteiger partial charge in [0.05, 0.1) is 18.8 Å². The lowest BCUT2D eigenvalue weighted by Gasteiger charge is -2.05. The predicted molar refractivity (Wildman–Crippen MR) is 63.2 cm³/mol. The van der Waals surface area contributed by atoms with Gasteiger partial charge in [-0.15, -0.1) is 0 Å². The topological polar surface area (TPSA) is 29.5 Å². The van der Waals surface area contributed by atoms with Gasteiger partial charge in [-0.25, -0.2) is 4.39 Å². The van der Waals surface area contributed by atoms with E-state index in [4.69, 9.17) is 9.84 Å². The zero-order chi connectivity index (χ0) is 12.1. The molecule has 0 spiro atoms. The Labute approximate surface area is 100 Å². The Balaban J connectivity index is 1.97. The van der Waals surface area contributed by atoms with Gasteiger partial charge in [0.25, 0.3) is 0 Å². The van der Waals surface area contributed by atoms with Crippen molar-refractivity contribution >= 4 is 0 Å². The summed E-state index contributed by atoms with van der Waals surface area (Å²) in [5.74, 6) is 6.21. The van der Waals surface area contributed by atoms with Crippen LogP contribution in [0.15, 0.2) is 18.2 Å². The van der Waals surface area contributed by atoms with Crippen LogP contribution in [0, 0.1) is 23.6 Å². The number of halogens is 1. The summed E-state index contributed by atoms with van der Waals surface area (Å²) in [6.45, 7) is 0.673. The highest BCUT2D eigenvalue weighted by molar-refractivity contribution is 5.39. The van der Waals surface area contributed by atoms with Crippen LogP contribution in [-0.4, -0.2) is 18.3 Å². The first-order chi connectivity index (χ1) is 8.29. The first-order valence-corrected chi connectivity index (χ1v) is 5.81. The fourth-order valence-electron chi connectivity index (χ4n) is 1.40. The summed E-state index contributed by atoms with van der Waals surface area (Å²) < 4.78 is 19.0. The molecule has 0 radical (unpaired) electrons. The lowest BCUT2D eigenvalue weighted by molar-refractivity contribution is 0.298. The molecule has 0 amide bonds. The molecule has 1 N–H and O–H groups in total. The fourth-order valence-corrected chi connectivity index (χ4v) is 1.40. The standard InChI is InChI=1S/C14H15FO2/c15-14-9-13(17-10-11-4-5-11)7-6-12(14)3-1-2-8-16/h6-7,9,11,16H,2,4-5,8,10H2. The van der Waals surface area contributed by atoms with Gasteiger partial charge in [0.15, 0.2) is 0 Å². The highest BCUT2D eigenvalue weighted by Crippen LogP contribution is 2.29. The molecule has 2 nitrogen and oxygen atoms in total. The van der Waals surface area contributed by atoms with Gasteiger partial charge >= 0.3 is 0 Å². The van der Waals surface area contributed by atoms with Crippen molar-refractivity contribution in [2.24, 2.45) is 5.92 Å². The maximum atomic E-state index is 13.6. The van der Waals surface area contributed by atoms with Crippen LogP contribution in [0.3, 0.4) is 0 Å². The second kappa shape index (κ2) is 5.70. The van der Waals surface area contributed by atoms with Crippen molar-refractivity contribution in [2.45, 2.75) is 19.3 Å². The summed E-state index contributed by atoms with van der Waals surface area (Å²) in [7, 11) is 0. The Morgan fingerprint density at radius 3 is 2.88 bits per heavy atom. The minimum Gasteiger partial charge on any atom is -0.493 e. The predicted octanol–water partition coefficient (Wildman–Crippen LogP) is 2.35. The minimum absolute atomic E-state index is 0.00278. The SMILES string of the molecule is OCCC#Cc1ccc(OCC2CC2)cc1F. The molecule has 0 atom stereocenters. The van der Waals surface area contributed by atoms with E-state index in [1.807, 2.05) is 0 Å². The third-order valence-electron chi connectivity index (χ3n) is 2.58. The van der Waals surface area contributed by atoms with Gasteiger partial charge in [-0.05, 0) is 30.9 Å². The summed E-state index contributed by atoms with van der Waals surface area (Å²) in [6, 6.07) is 4.71. The van der Waals surface area contributed by atoms with E-state index in [0.717, 1.165) is 0 Å². The largest absolute Gasteiger partial charge is 0.493 e. The summed E-state index contributed by atoms with van der Waals surface area (Å²) in [4.78, 5) is 0. The number of hydrogen-bond donors (Lipinski definition) is 1. The molecule has 0 aromatic heterocycles. The number of rotatable bonds is 4. The Bertz CT molecular complexity index is 441. The van der Waals surface area contributed by atoms with Gasteiger partial charge in [-0.2, -0.15) is 0 Å². The first kappa shape index (κ1) is 11.9. The maximum absolute atomic E-state index is 13.6. The molecule has 1 aromatic rings. The normalized spacial score (nSPS) is 14.0. The van der Waals surface area contributed by atoms with Crippen molar-refractivity contribution in [2.75, 3.05) is 13.2 Å². The lowest BCUT2D eigenvalue weighted by Crippen LogP contribution is -1.99. The van der Waals surface area contributed by atoms with Crippen LogP contribution in [0.1, 0.15) is 24.8 Å². The van der Waals surface area contributed by atoms with E-state index >= 15 is 0 Å². The second-order valence-electron chi connectivity index (χ2n) is 4.17. The van der Waals surface area contributed by atoms with Crippen molar-refractivity contribution in [3.63, 3.8) is 0 Å². The molecule has 0 heterocycles. The fraction of sp³-hybridized carbons (Fsp3) is 0.429. The van der Waals surface area contributed by atoms with Crippen LogP contribution in [0.5, 0.6) is 5.75 Å². The average molecular weight is 234 g/mol. The Morgan fingerprint density at radius 1 is 1.41 bits per heavy atom. The van der Waals surface area contributed by atoms with Crippen LogP contribution < -0.4 is 4.74 Å². The van der Waals surface area contributed by atoms with Gasteiger partial charge in [0.1, 0.15) is 11.6 Å². The molecule has 0 saturated heterocycles. The monoisotopic (exact) mass is 234 g/mol. The highest BCUT2D eigenvalue weighted by Gasteiger charge is 2.21. The molecule has 3 heteroatoms.